The first kappa shape index (κ1) is 32.3. The van der Waals surface area contributed by atoms with E-state index in [0.717, 1.165) is 59.2 Å². The van der Waals surface area contributed by atoms with Crippen LogP contribution in [0, 0.1) is 0 Å². The molecular formula is C34H44N6O5. The maximum absolute atomic E-state index is 13.9. The second-order valence-electron chi connectivity index (χ2n) is 11.6. The first-order valence-electron chi connectivity index (χ1n) is 15.6. The van der Waals surface area contributed by atoms with Gasteiger partial charge in [-0.1, -0.05) is 42.5 Å². The summed E-state index contributed by atoms with van der Waals surface area (Å²) in [6, 6.07) is 16.0. The van der Waals surface area contributed by atoms with E-state index in [9.17, 15) is 9.59 Å². The Balaban J connectivity index is 1.38. The fourth-order valence-corrected chi connectivity index (χ4v) is 6.22. The van der Waals surface area contributed by atoms with Gasteiger partial charge < -0.3 is 29.4 Å². The molecule has 0 bridgehead atoms. The number of imidazole rings is 1. The van der Waals surface area contributed by atoms with Crippen molar-refractivity contribution in [1.29, 1.82) is 0 Å². The van der Waals surface area contributed by atoms with Crippen LogP contribution >= 0.6 is 0 Å². The Kier molecular flexibility index (Phi) is 11.0. The van der Waals surface area contributed by atoms with Crippen LogP contribution in [0.3, 0.4) is 0 Å². The normalized spacial score (nSPS) is 15.2. The molecule has 2 aromatic heterocycles. The van der Waals surface area contributed by atoms with Gasteiger partial charge in [-0.05, 0) is 43.0 Å². The molecule has 1 fully saturated rings. The van der Waals surface area contributed by atoms with Gasteiger partial charge in [-0.3, -0.25) is 14.5 Å². The summed E-state index contributed by atoms with van der Waals surface area (Å²) in [7, 11) is 4.78. The number of aryl methyl sites for hydroxylation is 1. The summed E-state index contributed by atoms with van der Waals surface area (Å²) in [6.07, 6.45) is 3.67. The number of methoxy groups -OCH3 is 3. The number of anilines is 1. The van der Waals surface area contributed by atoms with Crippen LogP contribution in [0.4, 0.5) is 5.82 Å². The number of amides is 1. The van der Waals surface area contributed by atoms with Gasteiger partial charge in [0.05, 0.1) is 44.3 Å². The lowest BCUT2D eigenvalue weighted by Crippen LogP contribution is -2.43. The summed E-state index contributed by atoms with van der Waals surface area (Å²) in [5.41, 5.74) is 10.7. The number of pyridine rings is 1. The number of likely N-dealkylation sites (tertiary alicyclic amines) is 1. The summed E-state index contributed by atoms with van der Waals surface area (Å²) in [5.74, 6) is 1.10. The minimum Gasteiger partial charge on any atom is -0.469 e. The van der Waals surface area contributed by atoms with E-state index in [1.165, 1.54) is 7.11 Å². The maximum Gasteiger partial charge on any atom is 0.309 e. The van der Waals surface area contributed by atoms with Crippen molar-refractivity contribution in [1.82, 2.24) is 24.3 Å². The van der Waals surface area contributed by atoms with Crippen LogP contribution < -0.4 is 5.73 Å². The van der Waals surface area contributed by atoms with Gasteiger partial charge in [-0.15, -0.1) is 0 Å². The Morgan fingerprint density at radius 3 is 2.56 bits per heavy atom. The highest BCUT2D eigenvalue weighted by Gasteiger charge is 2.28. The number of fused-ring (bicyclic) bond motifs is 3. The molecule has 1 unspecified atom stereocenters. The van der Waals surface area contributed by atoms with Crippen LogP contribution in [0.2, 0.25) is 0 Å². The number of ether oxygens (including phenoxy) is 3. The second kappa shape index (κ2) is 15.3. The Hall–Kier alpha value is -4.06. The number of rotatable bonds is 15. The zero-order valence-corrected chi connectivity index (χ0v) is 26.5. The lowest BCUT2D eigenvalue weighted by molar-refractivity contribution is -0.139. The van der Waals surface area contributed by atoms with Gasteiger partial charge >= 0.3 is 5.97 Å². The van der Waals surface area contributed by atoms with Gasteiger partial charge in [-0.2, -0.15) is 0 Å². The molecule has 11 nitrogen and oxygen atoms in total. The van der Waals surface area contributed by atoms with Crippen molar-refractivity contribution in [3.8, 4) is 0 Å². The predicted molar refractivity (Wildman–Crippen MR) is 174 cm³/mol. The summed E-state index contributed by atoms with van der Waals surface area (Å²) >= 11 is 0. The van der Waals surface area contributed by atoms with Crippen LogP contribution in [-0.4, -0.2) is 96.4 Å². The minimum absolute atomic E-state index is 0.0885. The quantitative estimate of drug-likeness (QED) is 0.200. The van der Waals surface area contributed by atoms with Gasteiger partial charge in [0.25, 0.3) is 0 Å². The largest absolute Gasteiger partial charge is 0.469 e. The van der Waals surface area contributed by atoms with E-state index in [1.54, 1.807) is 14.2 Å². The molecule has 0 aliphatic carbocycles. The Labute approximate surface area is 264 Å². The SMILES string of the molecule is COCCc1nc2c(N)nc3ccccc3c2n1CCCN(Cc1ccc(CC(=O)OC)cc1)C(=O)CN1CCCC1COC. The molecule has 0 saturated carbocycles. The molecule has 4 aromatic rings. The van der Waals surface area contributed by atoms with Crippen LogP contribution in [0.1, 0.15) is 36.2 Å². The van der Waals surface area contributed by atoms with E-state index < -0.39 is 0 Å². The zero-order valence-electron chi connectivity index (χ0n) is 26.5. The van der Waals surface area contributed by atoms with Crippen molar-refractivity contribution in [2.45, 2.75) is 51.2 Å². The summed E-state index contributed by atoms with van der Waals surface area (Å²) in [6.45, 7) is 4.09. The lowest BCUT2D eigenvalue weighted by Gasteiger charge is -2.28. The highest BCUT2D eigenvalue weighted by Crippen LogP contribution is 2.29. The Morgan fingerprint density at radius 1 is 1.02 bits per heavy atom. The van der Waals surface area contributed by atoms with E-state index in [2.05, 4.69) is 20.5 Å². The number of aromatic nitrogens is 3. The van der Waals surface area contributed by atoms with Gasteiger partial charge in [0.2, 0.25) is 5.91 Å². The van der Waals surface area contributed by atoms with Crippen LogP contribution in [0.25, 0.3) is 21.9 Å². The topological polar surface area (TPSA) is 125 Å². The van der Waals surface area contributed by atoms with Crippen molar-refractivity contribution in [3.05, 3.63) is 65.5 Å². The Morgan fingerprint density at radius 2 is 1.80 bits per heavy atom. The molecule has 1 aliphatic rings. The molecule has 5 rings (SSSR count). The monoisotopic (exact) mass is 616 g/mol. The van der Waals surface area contributed by atoms with Crippen LogP contribution in [0.5, 0.6) is 0 Å². The molecule has 1 atom stereocenters. The Bertz CT molecular complexity index is 1600. The van der Waals surface area contributed by atoms with Crippen LogP contribution in [0.15, 0.2) is 48.5 Å². The molecule has 2 aromatic carbocycles. The molecule has 240 valence electrons. The number of para-hydroxylation sites is 1. The van der Waals surface area contributed by atoms with Gasteiger partial charge in [0, 0.05) is 51.7 Å². The van der Waals surface area contributed by atoms with E-state index >= 15 is 0 Å². The summed E-state index contributed by atoms with van der Waals surface area (Å²) in [4.78, 5) is 39.3. The fourth-order valence-electron chi connectivity index (χ4n) is 6.22. The average molecular weight is 617 g/mol. The molecule has 1 amide bonds. The van der Waals surface area contributed by atoms with Gasteiger partial charge in [0.1, 0.15) is 11.3 Å². The number of esters is 1. The van der Waals surface area contributed by atoms with E-state index in [1.807, 2.05) is 47.4 Å². The van der Waals surface area contributed by atoms with Crippen molar-refractivity contribution in [2.75, 3.05) is 59.9 Å². The smallest absolute Gasteiger partial charge is 0.309 e. The number of nitrogens with zero attached hydrogens (tertiary/aromatic N) is 5. The number of nitrogens with two attached hydrogens (primary N) is 1. The molecule has 1 aliphatic heterocycles. The molecule has 1 saturated heterocycles. The second-order valence-corrected chi connectivity index (χ2v) is 11.6. The van der Waals surface area contributed by atoms with E-state index in [4.69, 9.17) is 24.9 Å². The third-order valence-electron chi connectivity index (χ3n) is 8.55. The van der Waals surface area contributed by atoms with Crippen molar-refractivity contribution < 1.29 is 23.8 Å². The lowest BCUT2D eigenvalue weighted by atomic mass is 10.1. The maximum atomic E-state index is 13.9. The fraction of sp³-hybridized carbons (Fsp3) is 0.471. The molecule has 45 heavy (non-hydrogen) atoms. The van der Waals surface area contributed by atoms with Crippen molar-refractivity contribution in [2.24, 2.45) is 0 Å². The van der Waals surface area contributed by atoms with Crippen molar-refractivity contribution in [3.63, 3.8) is 0 Å². The van der Waals surface area contributed by atoms with Gasteiger partial charge in [-0.25, -0.2) is 9.97 Å². The first-order valence-corrected chi connectivity index (χ1v) is 15.6. The predicted octanol–water partition coefficient (Wildman–Crippen LogP) is 3.60. The molecule has 3 heterocycles. The third-order valence-corrected chi connectivity index (χ3v) is 8.55. The van der Waals surface area contributed by atoms with E-state index in [-0.39, 0.29) is 24.3 Å². The van der Waals surface area contributed by atoms with Crippen LogP contribution in [-0.2, 0) is 49.7 Å². The number of benzene rings is 2. The third kappa shape index (κ3) is 7.78. The average Bonchev–Trinajstić information content (AvgIpc) is 3.64. The number of hydrogen-bond donors (Lipinski definition) is 1. The summed E-state index contributed by atoms with van der Waals surface area (Å²) in [5, 5.41) is 0.996. The molecule has 0 spiro atoms. The minimum atomic E-state index is -0.280. The first-order chi connectivity index (χ1) is 21.9. The standard InChI is InChI=1S/C34H44N6O5/c1-43-19-15-29-37-32-33(27-9-4-5-10-28(27)36-34(32)35)40(29)18-7-17-39(30(41)22-38-16-6-8-26(38)23-44-2)21-25-13-11-24(12-14-25)20-31(42)45-3/h4-5,9-14,26H,6-8,15-23H2,1-3H3,(H2,35,36). The van der Waals surface area contributed by atoms with Gasteiger partial charge in [0.15, 0.2) is 5.82 Å². The zero-order chi connectivity index (χ0) is 31.8. The van der Waals surface area contributed by atoms with Crippen molar-refractivity contribution >= 4 is 39.6 Å². The highest BCUT2D eigenvalue weighted by molar-refractivity contribution is 6.06. The molecular weight excluding hydrogens is 572 g/mol. The highest BCUT2D eigenvalue weighted by atomic mass is 16.5. The number of nitrogen functional groups attached to an aromatic ring is 1. The molecule has 2 N–H and O–H groups in total. The summed E-state index contributed by atoms with van der Waals surface area (Å²) < 4.78 is 17.8. The number of carbonyl (C=O) groups is 2. The van der Waals surface area contributed by atoms with E-state index in [0.29, 0.717) is 57.1 Å². The molecule has 0 radical (unpaired) electrons. The number of carbonyl (C=O) groups excluding carboxylic acids is 2. The molecule has 11 heteroatoms. The number of hydrogen-bond acceptors (Lipinski definition) is 9.